The molecule has 0 saturated carbocycles. The van der Waals surface area contributed by atoms with Gasteiger partial charge in [0.05, 0.1) is 0 Å². The number of aryl methyl sites for hydroxylation is 4. The van der Waals surface area contributed by atoms with E-state index in [0.29, 0.717) is 0 Å². The van der Waals surface area contributed by atoms with Gasteiger partial charge in [-0.15, -0.1) is 46.5 Å². The fourth-order valence-electron chi connectivity index (χ4n) is 4.69. The molecule has 0 aliphatic carbocycles. The van der Waals surface area contributed by atoms with Crippen molar-refractivity contribution in [2.24, 2.45) is 0 Å². The molecule has 0 saturated heterocycles. The van der Waals surface area contributed by atoms with Crippen LogP contribution in [0.2, 0.25) is 0 Å². The Balaban J connectivity index is 0.000000184. The predicted molar refractivity (Wildman–Crippen MR) is 162 cm³/mol. The summed E-state index contributed by atoms with van der Waals surface area (Å²) in [5, 5.41) is 0. The molecule has 0 amide bonds. The van der Waals surface area contributed by atoms with Crippen LogP contribution in [0.15, 0.2) is 110 Å². The molecule has 41 heavy (non-hydrogen) atoms. The number of nitrogens with zero attached hydrogens (tertiary/aromatic N) is 4. The SMILES string of the molecule is Cc1cc(C)c(-c2ccccn2)[c-]c1-c1ccccn1.Cc1cc(C)c(-c2ccccn2)[c-]c1-c1ccccn1.[Ir]. The van der Waals surface area contributed by atoms with Crippen LogP contribution in [0.5, 0.6) is 0 Å². The Morgan fingerprint density at radius 2 is 0.634 bits per heavy atom. The first-order valence-electron chi connectivity index (χ1n) is 13.2. The van der Waals surface area contributed by atoms with Crippen molar-refractivity contribution in [2.75, 3.05) is 0 Å². The smallest absolute Gasteiger partial charge is 0.0183 e. The summed E-state index contributed by atoms with van der Waals surface area (Å²) in [4.78, 5) is 17.7. The van der Waals surface area contributed by atoms with E-state index in [1.165, 1.54) is 22.3 Å². The van der Waals surface area contributed by atoms with Crippen LogP contribution in [-0.4, -0.2) is 19.9 Å². The normalized spacial score (nSPS) is 10.2. The third kappa shape index (κ3) is 7.07. The van der Waals surface area contributed by atoms with Crippen molar-refractivity contribution in [1.82, 2.24) is 19.9 Å². The first-order valence-corrected chi connectivity index (χ1v) is 13.2. The molecular formula is C36H30IrN4-2. The van der Waals surface area contributed by atoms with Gasteiger partial charge in [-0.3, -0.25) is 19.9 Å². The number of pyridine rings is 4. The van der Waals surface area contributed by atoms with Crippen molar-refractivity contribution >= 4 is 0 Å². The molecule has 0 atom stereocenters. The van der Waals surface area contributed by atoms with Crippen molar-refractivity contribution in [3.8, 4) is 45.0 Å². The molecule has 0 aliphatic rings. The van der Waals surface area contributed by atoms with E-state index >= 15 is 0 Å². The second kappa shape index (κ2) is 13.8. The molecule has 0 N–H and O–H groups in total. The van der Waals surface area contributed by atoms with E-state index in [1.807, 2.05) is 97.6 Å². The van der Waals surface area contributed by atoms with Crippen molar-refractivity contribution in [2.45, 2.75) is 27.7 Å². The Morgan fingerprint density at radius 1 is 0.390 bits per heavy atom. The second-order valence-corrected chi connectivity index (χ2v) is 9.63. The topological polar surface area (TPSA) is 51.6 Å². The molecule has 4 heterocycles. The minimum atomic E-state index is 0. The van der Waals surface area contributed by atoms with E-state index in [0.717, 1.165) is 45.0 Å². The number of hydrogen-bond acceptors (Lipinski definition) is 4. The van der Waals surface area contributed by atoms with E-state index in [1.54, 1.807) is 0 Å². The van der Waals surface area contributed by atoms with Crippen LogP contribution in [0.3, 0.4) is 0 Å². The maximum absolute atomic E-state index is 4.42. The summed E-state index contributed by atoms with van der Waals surface area (Å²) < 4.78 is 0. The molecule has 6 aromatic rings. The minimum Gasteiger partial charge on any atom is -0.295 e. The zero-order valence-corrected chi connectivity index (χ0v) is 25.9. The third-order valence-electron chi connectivity index (χ3n) is 6.63. The van der Waals surface area contributed by atoms with Gasteiger partial charge in [0.15, 0.2) is 0 Å². The molecule has 0 fully saturated rings. The van der Waals surface area contributed by atoms with Crippen molar-refractivity contribution in [1.29, 1.82) is 0 Å². The molecule has 4 nitrogen and oxygen atoms in total. The second-order valence-electron chi connectivity index (χ2n) is 9.63. The summed E-state index contributed by atoms with van der Waals surface area (Å²) >= 11 is 0. The number of aromatic nitrogens is 4. The Hall–Kier alpha value is -4.31. The summed E-state index contributed by atoms with van der Waals surface area (Å²) in [7, 11) is 0. The first-order chi connectivity index (χ1) is 19.5. The number of benzene rings is 2. The van der Waals surface area contributed by atoms with E-state index in [9.17, 15) is 0 Å². The van der Waals surface area contributed by atoms with E-state index < -0.39 is 0 Å². The maximum Gasteiger partial charge on any atom is 0.0183 e. The molecule has 5 heteroatoms. The average Bonchev–Trinajstić information content (AvgIpc) is 2.99. The minimum absolute atomic E-state index is 0. The average molecular weight is 711 g/mol. The standard InChI is InChI=1S/2C18H15N2.Ir/c2*1-13-11-14(2)16(18-8-4-6-10-20-18)12-15(13)17-7-3-5-9-19-17;/h2*3-11H,1-2H3;/q2*-1;. The van der Waals surface area contributed by atoms with Gasteiger partial charge in [-0.25, -0.2) is 0 Å². The van der Waals surface area contributed by atoms with Crippen molar-refractivity contribution in [3.05, 3.63) is 144 Å². The van der Waals surface area contributed by atoms with Gasteiger partial charge in [-0.05, 0) is 24.3 Å². The molecular weight excluding hydrogens is 681 g/mol. The summed E-state index contributed by atoms with van der Waals surface area (Å²) in [6.07, 6.45) is 7.23. The Bertz CT molecular complexity index is 1450. The van der Waals surface area contributed by atoms with Gasteiger partial charge in [0, 0.05) is 67.7 Å². The zero-order chi connectivity index (χ0) is 27.9. The molecule has 0 aliphatic heterocycles. The van der Waals surface area contributed by atoms with Gasteiger partial charge in [-0.1, -0.05) is 98.5 Å². The molecule has 1 radical (unpaired) electrons. The van der Waals surface area contributed by atoms with Gasteiger partial charge < -0.3 is 0 Å². The zero-order valence-electron chi connectivity index (χ0n) is 23.5. The fraction of sp³-hybridized carbons (Fsp3) is 0.111. The van der Waals surface area contributed by atoms with Crippen molar-refractivity contribution < 1.29 is 20.1 Å². The van der Waals surface area contributed by atoms with Crippen LogP contribution < -0.4 is 0 Å². The number of hydrogen-bond donors (Lipinski definition) is 0. The Labute approximate surface area is 256 Å². The van der Waals surface area contributed by atoms with Crippen LogP contribution in [-0.2, 0) is 20.1 Å². The molecule has 2 aromatic carbocycles. The summed E-state index contributed by atoms with van der Waals surface area (Å²) in [5.74, 6) is 0. The molecule has 6 rings (SSSR count). The number of rotatable bonds is 4. The molecule has 0 spiro atoms. The van der Waals surface area contributed by atoms with E-state index in [4.69, 9.17) is 0 Å². The monoisotopic (exact) mass is 711 g/mol. The van der Waals surface area contributed by atoms with Crippen LogP contribution in [0.1, 0.15) is 22.3 Å². The molecule has 205 valence electrons. The maximum atomic E-state index is 4.42. The fourth-order valence-corrected chi connectivity index (χ4v) is 4.69. The summed E-state index contributed by atoms with van der Waals surface area (Å²) in [6, 6.07) is 35.0. The predicted octanol–water partition coefficient (Wildman–Crippen LogP) is 8.45. The largest absolute Gasteiger partial charge is 0.295 e. The van der Waals surface area contributed by atoms with Gasteiger partial charge in [0.2, 0.25) is 0 Å². The quantitative estimate of drug-likeness (QED) is 0.172. The van der Waals surface area contributed by atoms with E-state index in [-0.39, 0.29) is 20.1 Å². The van der Waals surface area contributed by atoms with Crippen LogP contribution in [0.25, 0.3) is 45.0 Å². The van der Waals surface area contributed by atoms with Crippen LogP contribution in [0, 0.1) is 39.8 Å². The van der Waals surface area contributed by atoms with Gasteiger partial charge >= 0.3 is 0 Å². The molecule has 0 unspecified atom stereocenters. The first kappa shape index (κ1) is 29.7. The van der Waals surface area contributed by atoms with Gasteiger partial charge in [0.25, 0.3) is 0 Å². The van der Waals surface area contributed by atoms with Crippen molar-refractivity contribution in [3.63, 3.8) is 0 Å². The van der Waals surface area contributed by atoms with Crippen LogP contribution >= 0.6 is 0 Å². The molecule has 4 aromatic heterocycles. The van der Waals surface area contributed by atoms with Gasteiger partial charge in [-0.2, -0.15) is 0 Å². The third-order valence-corrected chi connectivity index (χ3v) is 6.63. The Kier molecular flexibility index (Phi) is 10.0. The van der Waals surface area contributed by atoms with Gasteiger partial charge in [0.1, 0.15) is 0 Å². The summed E-state index contributed by atoms with van der Waals surface area (Å²) in [6.45, 7) is 8.37. The summed E-state index contributed by atoms with van der Waals surface area (Å²) in [5.41, 5.74) is 12.7. The van der Waals surface area contributed by atoms with E-state index in [2.05, 4.69) is 71.9 Å². The Morgan fingerprint density at radius 3 is 0.829 bits per heavy atom. The molecule has 0 bridgehead atoms. The van der Waals surface area contributed by atoms with Crippen LogP contribution in [0.4, 0.5) is 0 Å².